The van der Waals surface area contributed by atoms with Crippen LogP contribution < -0.4 is 11.2 Å². The molecule has 0 unspecified atom stereocenters. The third kappa shape index (κ3) is 4.31. The second kappa shape index (κ2) is 8.45. The number of aromatic nitrogens is 2. The molecule has 4 heteroatoms. The molecule has 1 rings (SSSR count). The van der Waals surface area contributed by atoms with Crippen LogP contribution in [0.25, 0.3) is 6.08 Å². The van der Waals surface area contributed by atoms with Gasteiger partial charge >= 0.3 is 5.69 Å². The van der Waals surface area contributed by atoms with Crippen molar-refractivity contribution in [1.82, 2.24) is 9.13 Å². The van der Waals surface area contributed by atoms with Crippen LogP contribution in [0.4, 0.5) is 0 Å². The first-order chi connectivity index (χ1) is 10.0. The number of hydrogen-bond donors (Lipinski definition) is 0. The Morgan fingerprint density at radius 2 is 1.90 bits per heavy atom. The average molecular weight is 290 g/mol. The van der Waals surface area contributed by atoms with Crippen molar-refractivity contribution in [1.29, 1.82) is 0 Å². The molecule has 0 aliphatic rings. The van der Waals surface area contributed by atoms with Gasteiger partial charge < -0.3 is 0 Å². The van der Waals surface area contributed by atoms with Crippen molar-refractivity contribution in [2.45, 2.75) is 52.5 Å². The molecule has 116 valence electrons. The normalized spacial score (nSPS) is 11.2. The standard InChI is InChI=1S/C17H26N2O2/c1-5-7-9-11-13-19-16(20)14(3)15(12-10-8-6-2)18(4)17(19)21/h6,10,12H,2,5,7-9,11,13H2,1,3-4H3/b12-10-. The van der Waals surface area contributed by atoms with Crippen LogP contribution in [0.5, 0.6) is 0 Å². The van der Waals surface area contributed by atoms with Crippen molar-refractivity contribution in [3.8, 4) is 0 Å². The zero-order chi connectivity index (χ0) is 15.8. The number of allylic oxidation sites excluding steroid dienone is 2. The molecular formula is C17H26N2O2. The van der Waals surface area contributed by atoms with E-state index in [-0.39, 0.29) is 11.2 Å². The maximum absolute atomic E-state index is 12.4. The summed E-state index contributed by atoms with van der Waals surface area (Å²) in [4.78, 5) is 24.7. The van der Waals surface area contributed by atoms with Gasteiger partial charge in [-0.05, 0) is 25.8 Å². The lowest BCUT2D eigenvalue weighted by atomic mass is 10.2. The summed E-state index contributed by atoms with van der Waals surface area (Å²) in [6, 6.07) is 0. The van der Waals surface area contributed by atoms with Gasteiger partial charge in [-0.25, -0.2) is 4.79 Å². The molecule has 1 aromatic rings. The number of hydrogen-bond acceptors (Lipinski definition) is 2. The van der Waals surface area contributed by atoms with E-state index in [1.54, 1.807) is 24.6 Å². The molecule has 1 heterocycles. The van der Waals surface area contributed by atoms with Crippen LogP contribution >= 0.6 is 0 Å². The summed E-state index contributed by atoms with van der Waals surface area (Å²) in [6.45, 7) is 8.07. The summed E-state index contributed by atoms with van der Waals surface area (Å²) < 4.78 is 2.91. The maximum atomic E-state index is 12.4. The minimum absolute atomic E-state index is 0.173. The van der Waals surface area contributed by atoms with Gasteiger partial charge in [0.2, 0.25) is 0 Å². The maximum Gasteiger partial charge on any atom is 0.331 e. The lowest BCUT2D eigenvalue weighted by Gasteiger charge is -2.12. The molecule has 0 saturated carbocycles. The molecule has 0 N–H and O–H groups in total. The quantitative estimate of drug-likeness (QED) is 0.545. The van der Waals surface area contributed by atoms with Crippen LogP contribution in [0.1, 0.15) is 50.3 Å². The van der Waals surface area contributed by atoms with Gasteiger partial charge in [-0.15, -0.1) is 6.58 Å². The number of nitrogens with zero attached hydrogens (tertiary/aromatic N) is 2. The SMILES string of the molecule is C=CC/C=C\c1c(C)c(=O)n(CCCCCC)c(=O)n1C. The summed E-state index contributed by atoms with van der Waals surface area (Å²) in [5.74, 6) is 0. The summed E-state index contributed by atoms with van der Waals surface area (Å²) in [5.41, 5.74) is 0.887. The van der Waals surface area contributed by atoms with E-state index in [1.807, 2.05) is 12.2 Å². The molecule has 0 amide bonds. The Labute approximate surface area is 126 Å². The van der Waals surface area contributed by atoms with E-state index < -0.39 is 0 Å². The molecular weight excluding hydrogens is 264 g/mol. The fourth-order valence-corrected chi connectivity index (χ4v) is 2.34. The van der Waals surface area contributed by atoms with Crippen LogP contribution in [-0.4, -0.2) is 9.13 Å². The fraction of sp³-hybridized carbons (Fsp3) is 0.529. The van der Waals surface area contributed by atoms with Gasteiger partial charge in [0, 0.05) is 19.2 Å². The van der Waals surface area contributed by atoms with Gasteiger partial charge in [0.15, 0.2) is 0 Å². The molecule has 0 aliphatic carbocycles. The van der Waals surface area contributed by atoms with Gasteiger partial charge in [-0.2, -0.15) is 0 Å². The summed E-state index contributed by atoms with van der Waals surface area (Å²) in [5, 5.41) is 0. The Hall–Kier alpha value is -1.84. The van der Waals surface area contributed by atoms with Crippen LogP contribution in [-0.2, 0) is 13.6 Å². The molecule has 0 fully saturated rings. The van der Waals surface area contributed by atoms with Crippen LogP contribution in [0.15, 0.2) is 28.3 Å². The molecule has 1 aromatic heterocycles. The van der Waals surface area contributed by atoms with E-state index in [4.69, 9.17) is 0 Å². The van der Waals surface area contributed by atoms with Crippen molar-refractivity contribution in [3.05, 3.63) is 50.8 Å². The lowest BCUT2D eigenvalue weighted by molar-refractivity contribution is 0.528. The molecule has 0 atom stereocenters. The molecule has 21 heavy (non-hydrogen) atoms. The van der Waals surface area contributed by atoms with E-state index in [0.29, 0.717) is 24.2 Å². The van der Waals surface area contributed by atoms with Gasteiger partial charge in [0.1, 0.15) is 0 Å². The van der Waals surface area contributed by atoms with E-state index in [0.717, 1.165) is 25.7 Å². The van der Waals surface area contributed by atoms with Crippen molar-refractivity contribution in [2.24, 2.45) is 7.05 Å². The first-order valence-corrected chi connectivity index (χ1v) is 7.62. The van der Waals surface area contributed by atoms with Crippen molar-refractivity contribution < 1.29 is 0 Å². The van der Waals surface area contributed by atoms with E-state index >= 15 is 0 Å². The Morgan fingerprint density at radius 3 is 2.52 bits per heavy atom. The van der Waals surface area contributed by atoms with E-state index in [2.05, 4.69) is 13.5 Å². The highest BCUT2D eigenvalue weighted by atomic mass is 16.2. The highest BCUT2D eigenvalue weighted by molar-refractivity contribution is 5.48. The van der Waals surface area contributed by atoms with Crippen LogP contribution in [0, 0.1) is 6.92 Å². The van der Waals surface area contributed by atoms with Gasteiger partial charge in [-0.1, -0.05) is 38.3 Å². The monoisotopic (exact) mass is 290 g/mol. The second-order valence-corrected chi connectivity index (χ2v) is 5.30. The molecule has 0 bridgehead atoms. The first kappa shape index (κ1) is 17.2. The zero-order valence-electron chi connectivity index (χ0n) is 13.4. The molecule has 4 nitrogen and oxygen atoms in total. The molecule has 0 aromatic carbocycles. The number of unbranched alkanes of at least 4 members (excludes halogenated alkanes) is 3. The third-order valence-electron chi connectivity index (χ3n) is 3.64. The second-order valence-electron chi connectivity index (χ2n) is 5.30. The Morgan fingerprint density at radius 1 is 1.19 bits per heavy atom. The predicted molar refractivity (Wildman–Crippen MR) is 88.7 cm³/mol. The molecule has 0 aliphatic heterocycles. The highest BCUT2D eigenvalue weighted by Crippen LogP contribution is 2.05. The van der Waals surface area contributed by atoms with Crippen molar-refractivity contribution >= 4 is 6.08 Å². The van der Waals surface area contributed by atoms with Crippen LogP contribution in [0.2, 0.25) is 0 Å². The highest BCUT2D eigenvalue weighted by Gasteiger charge is 2.11. The topological polar surface area (TPSA) is 44.0 Å². The first-order valence-electron chi connectivity index (χ1n) is 7.62. The third-order valence-corrected chi connectivity index (χ3v) is 3.64. The van der Waals surface area contributed by atoms with Crippen LogP contribution in [0.3, 0.4) is 0 Å². The van der Waals surface area contributed by atoms with Gasteiger partial charge in [0.05, 0.1) is 5.69 Å². The summed E-state index contributed by atoms with van der Waals surface area (Å²) in [7, 11) is 1.71. The van der Waals surface area contributed by atoms with E-state index in [9.17, 15) is 9.59 Å². The minimum Gasteiger partial charge on any atom is -0.297 e. The Balaban J connectivity index is 3.12. The largest absolute Gasteiger partial charge is 0.331 e. The van der Waals surface area contributed by atoms with Gasteiger partial charge in [-0.3, -0.25) is 13.9 Å². The Bertz CT molecular complexity index is 584. The van der Waals surface area contributed by atoms with Crippen molar-refractivity contribution in [2.75, 3.05) is 0 Å². The Kier molecular flexibility index (Phi) is 6.92. The van der Waals surface area contributed by atoms with Crippen molar-refractivity contribution in [3.63, 3.8) is 0 Å². The summed E-state index contributed by atoms with van der Waals surface area (Å²) in [6.07, 6.45) is 10.4. The predicted octanol–water partition coefficient (Wildman–Crippen LogP) is 3.03. The average Bonchev–Trinajstić information content (AvgIpc) is 2.48. The zero-order valence-corrected chi connectivity index (χ0v) is 13.4. The van der Waals surface area contributed by atoms with E-state index in [1.165, 1.54) is 4.57 Å². The fourth-order valence-electron chi connectivity index (χ4n) is 2.34. The molecule has 0 saturated heterocycles. The number of rotatable bonds is 8. The summed E-state index contributed by atoms with van der Waals surface area (Å²) >= 11 is 0. The molecule has 0 radical (unpaired) electrons. The lowest BCUT2D eigenvalue weighted by Crippen LogP contribution is -2.41. The minimum atomic E-state index is -0.236. The molecule has 0 spiro atoms. The van der Waals surface area contributed by atoms with Gasteiger partial charge in [0.25, 0.3) is 5.56 Å². The smallest absolute Gasteiger partial charge is 0.297 e.